The molecular weight excluding hydrogens is 218 g/mol. The second-order valence-electron chi connectivity index (χ2n) is 4.37. The highest BCUT2D eigenvalue weighted by molar-refractivity contribution is 7.98. The molecule has 1 aromatic heterocycles. The molecule has 0 aromatic carbocycles. The largest absolute Gasteiger partial charge is 0.310 e. The lowest BCUT2D eigenvalue weighted by molar-refractivity contribution is 0.528. The van der Waals surface area contributed by atoms with Crippen molar-refractivity contribution in [1.29, 1.82) is 0 Å². The highest BCUT2D eigenvalue weighted by Gasteiger charge is 2.08. The van der Waals surface area contributed by atoms with E-state index >= 15 is 0 Å². The summed E-state index contributed by atoms with van der Waals surface area (Å²) >= 11 is 1.90. The van der Waals surface area contributed by atoms with E-state index in [1.54, 1.807) is 0 Å². The molecule has 3 nitrogen and oxygen atoms in total. The predicted octanol–water partition coefficient (Wildman–Crippen LogP) is 2.87. The standard InChI is InChI=1S/C12H23N3S/c1-10(2)15-9-12(8-14-15)11(3)13-6-5-7-16-4/h8-11,13H,5-7H2,1-4H3. The molecule has 0 aliphatic rings. The van der Waals surface area contributed by atoms with Crippen molar-refractivity contribution >= 4 is 11.8 Å². The first-order valence-electron chi connectivity index (χ1n) is 5.91. The fourth-order valence-corrected chi connectivity index (χ4v) is 1.94. The number of nitrogens with zero attached hydrogens (tertiary/aromatic N) is 2. The van der Waals surface area contributed by atoms with Crippen molar-refractivity contribution in [1.82, 2.24) is 15.1 Å². The monoisotopic (exact) mass is 241 g/mol. The molecule has 0 fully saturated rings. The molecule has 1 unspecified atom stereocenters. The van der Waals surface area contributed by atoms with Crippen LogP contribution >= 0.6 is 11.8 Å². The zero-order valence-corrected chi connectivity index (χ0v) is 11.5. The minimum Gasteiger partial charge on any atom is -0.310 e. The van der Waals surface area contributed by atoms with E-state index in [-0.39, 0.29) is 0 Å². The predicted molar refractivity (Wildman–Crippen MR) is 72.0 cm³/mol. The smallest absolute Gasteiger partial charge is 0.0537 e. The first kappa shape index (κ1) is 13.6. The van der Waals surface area contributed by atoms with E-state index in [1.165, 1.54) is 17.7 Å². The van der Waals surface area contributed by atoms with Crippen molar-refractivity contribution in [3.63, 3.8) is 0 Å². The zero-order valence-electron chi connectivity index (χ0n) is 10.7. The molecule has 0 saturated carbocycles. The molecule has 0 aliphatic heterocycles. The number of nitrogens with one attached hydrogen (secondary N) is 1. The van der Waals surface area contributed by atoms with Crippen LogP contribution in [-0.2, 0) is 0 Å². The average Bonchev–Trinajstić information content (AvgIpc) is 2.73. The van der Waals surface area contributed by atoms with Crippen LogP contribution in [-0.4, -0.2) is 28.3 Å². The first-order valence-corrected chi connectivity index (χ1v) is 7.31. The van der Waals surface area contributed by atoms with E-state index in [9.17, 15) is 0 Å². The Morgan fingerprint density at radius 3 is 2.75 bits per heavy atom. The molecule has 0 amide bonds. The summed E-state index contributed by atoms with van der Waals surface area (Å²) in [5.41, 5.74) is 1.28. The molecule has 1 aromatic rings. The van der Waals surface area contributed by atoms with Gasteiger partial charge in [-0.2, -0.15) is 16.9 Å². The zero-order chi connectivity index (χ0) is 12.0. The van der Waals surface area contributed by atoms with Crippen LogP contribution in [0, 0.1) is 0 Å². The summed E-state index contributed by atoms with van der Waals surface area (Å²) in [4.78, 5) is 0. The molecule has 16 heavy (non-hydrogen) atoms. The van der Waals surface area contributed by atoms with Gasteiger partial charge in [0.25, 0.3) is 0 Å². The molecule has 0 spiro atoms. The molecule has 4 heteroatoms. The van der Waals surface area contributed by atoms with Gasteiger partial charge in [0.2, 0.25) is 0 Å². The fourth-order valence-electron chi connectivity index (χ4n) is 1.51. The Balaban J connectivity index is 2.37. The maximum atomic E-state index is 4.35. The van der Waals surface area contributed by atoms with Crippen molar-refractivity contribution < 1.29 is 0 Å². The van der Waals surface area contributed by atoms with Gasteiger partial charge >= 0.3 is 0 Å². The Labute approximate surface area is 103 Å². The van der Waals surface area contributed by atoms with Gasteiger partial charge in [-0.1, -0.05) is 0 Å². The number of aromatic nitrogens is 2. The Morgan fingerprint density at radius 1 is 1.44 bits per heavy atom. The highest BCUT2D eigenvalue weighted by atomic mass is 32.2. The molecule has 0 aliphatic carbocycles. The molecular formula is C12H23N3S. The van der Waals surface area contributed by atoms with Crippen LogP contribution in [0.3, 0.4) is 0 Å². The minimum atomic E-state index is 0.398. The fraction of sp³-hybridized carbons (Fsp3) is 0.750. The summed E-state index contributed by atoms with van der Waals surface area (Å²) < 4.78 is 2.01. The topological polar surface area (TPSA) is 29.9 Å². The van der Waals surface area contributed by atoms with Gasteiger partial charge in [0, 0.05) is 23.8 Å². The number of rotatable bonds is 7. The molecule has 1 atom stereocenters. The van der Waals surface area contributed by atoms with Crippen molar-refractivity contribution in [2.75, 3.05) is 18.6 Å². The lowest BCUT2D eigenvalue weighted by Crippen LogP contribution is -2.19. The van der Waals surface area contributed by atoms with Crippen LogP contribution in [0.4, 0.5) is 0 Å². The third-order valence-electron chi connectivity index (χ3n) is 2.63. The van der Waals surface area contributed by atoms with Gasteiger partial charge in [-0.25, -0.2) is 0 Å². The minimum absolute atomic E-state index is 0.398. The van der Waals surface area contributed by atoms with E-state index in [1.807, 2.05) is 22.6 Å². The molecule has 1 heterocycles. The van der Waals surface area contributed by atoms with Gasteiger partial charge < -0.3 is 5.32 Å². The summed E-state index contributed by atoms with van der Waals surface area (Å²) in [5, 5.41) is 7.87. The second kappa shape index (κ2) is 6.97. The van der Waals surface area contributed by atoms with Crippen LogP contribution in [0.1, 0.15) is 44.8 Å². The van der Waals surface area contributed by atoms with Gasteiger partial charge in [-0.15, -0.1) is 0 Å². The van der Waals surface area contributed by atoms with E-state index < -0.39 is 0 Å². The van der Waals surface area contributed by atoms with E-state index in [0.717, 1.165) is 6.54 Å². The molecule has 0 saturated heterocycles. The van der Waals surface area contributed by atoms with Crippen molar-refractivity contribution in [3.05, 3.63) is 18.0 Å². The van der Waals surface area contributed by atoms with Crippen LogP contribution in [0.25, 0.3) is 0 Å². The molecule has 1 rings (SSSR count). The third kappa shape index (κ3) is 4.18. The lowest BCUT2D eigenvalue weighted by atomic mass is 10.2. The molecule has 0 bridgehead atoms. The summed E-state index contributed by atoms with van der Waals surface area (Å²) in [6.07, 6.45) is 7.48. The second-order valence-corrected chi connectivity index (χ2v) is 5.36. The van der Waals surface area contributed by atoms with Crippen LogP contribution < -0.4 is 5.32 Å². The van der Waals surface area contributed by atoms with Gasteiger partial charge in [0.1, 0.15) is 0 Å². The van der Waals surface area contributed by atoms with Crippen LogP contribution in [0.5, 0.6) is 0 Å². The summed E-state index contributed by atoms with van der Waals surface area (Å²) in [7, 11) is 0. The molecule has 0 radical (unpaired) electrons. The molecule has 92 valence electrons. The summed E-state index contributed by atoms with van der Waals surface area (Å²) in [5.74, 6) is 1.23. The van der Waals surface area contributed by atoms with Gasteiger partial charge in [-0.05, 0) is 45.7 Å². The number of thioether (sulfide) groups is 1. The van der Waals surface area contributed by atoms with E-state index in [4.69, 9.17) is 0 Å². The first-order chi connectivity index (χ1) is 7.65. The van der Waals surface area contributed by atoms with E-state index in [2.05, 4.69) is 43.6 Å². The van der Waals surface area contributed by atoms with Gasteiger partial charge in [-0.3, -0.25) is 4.68 Å². The maximum absolute atomic E-state index is 4.35. The summed E-state index contributed by atoms with van der Waals surface area (Å²) in [6, 6.07) is 0.840. The van der Waals surface area contributed by atoms with Crippen molar-refractivity contribution in [2.24, 2.45) is 0 Å². The van der Waals surface area contributed by atoms with Gasteiger partial charge in [0.05, 0.1) is 6.20 Å². The quantitative estimate of drug-likeness (QED) is 0.744. The van der Waals surface area contributed by atoms with Gasteiger partial charge in [0.15, 0.2) is 0 Å². The SMILES string of the molecule is CSCCCNC(C)c1cnn(C(C)C)c1. The molecule has 1 N–H and O–H groups in total. The Kier molecular flexibility index (Phi) is 5.91. The Bertz CT molecular complexity index is 296. The normalized spacial score (nSPS) is 13.3. The highest BCUT2D eigenvalue weighted by Crippen LogP contribution is 2.13. The Morgan fingerprint density at radius 2 is 2.19 bits per heavy atom. The van der Waals surface area contributed by atoms with Crippen molar-refractivity contribution in [3.8, 4) is 0 Å². The average molecular weight is 241 g/mol. The number of hydrogen-bond donors (Lipinski definition) is 1. The number of hydrogen-bond acceptors (Lipinski definition) is 3. The van der Waals surface area contributed by atoms with Crippen LogP contribution in [0.2, 0.25) is 0 Å². The maximum Gasteiger partial charge on any atom is 0.0537 e. The lowest BCUT2D eigenvalue weighted by Gasteiger charge is -2.11. The Hall–Kier alpha value is -0.480. The van der Waals surface area contributed by atoms with Crippen LogP contribution in [0.15, 0.2) is 12.4 Å². The van der Waals surface area contributed by atoms with E-state index in [0.29, 0.717) is 12.1 Å². The van der Waals surface area contributed by atoms with Crippen molar-refractivity contribution in [2.45, 2.75) is 39.3 Å². The summed E-state index contributed by atoms with van der Waals surface area (Å²) in [6.45, 7) is 7.57. The third-order valence-corrected chi connectivity index (χ3v) is 3.32.